The number of Topliss-reactive ketones (excluding diaryl/α,β-unsaturated/α-hetero) is 1. The summed E-state index contributed by atoms with van der Waals surface area (Å²) in [5, 5.41) is 0. The summed E-state index contributed by atoms with van der Waals surface area (Å²) in [6, 6.07) is 2.60. The molecule has 2 rings (SSSR count). The molecule has 0 bridgehead atoms. The van der Waals surface area contributed by atoms with Gasteiger partial charge in [-0.3, -0.25) is 4.79 Å². The van der Waals surface area contributed by atoms with E-state index in [1.165, 1.54) is 12.1 Å². The third-order valence-corrected chi connectivity index (χ3v) is 1.68. The van der Waals surface area contributed by atoms with Crippen LogP contribution in [-0.2, 0) is 0 Å². The predicted molar refractivity (Wildman–Crippen MR) is 38.6 cm³/mol. The van der Waals surface area contributed by atoms with Gasteiger partial charge in [-0.2, -0.15) is 4.39 Å². The highest BCUT2D eigenvalue weighted by Crippen LogP contribution is 2.22. The number of ketones is 1. The van der Waals surface area contributed by atoms with Crippen LogP contribution in [0.5, 0.6) is 5.75 Å². The fourth-order valence-electron chi connectivity index (χ4n) is 1.11. The maximum absolute atomic E-state index is 12.5. The van der Waals surface area contributed by atoms with Crippen molar-refractivity contribution in [3.8, 4) is 5.75 Å². The Morgan fingerprint density at radius 1 is 1.50 bits per heavy atom. The van der Waals surface area contributed by atoms with Crippen LogP contribution < -0.4 is 4.74 Å². The molecule has 0 amide bonds. The van der Waals surface area contributed by atoms with Crippen molar-refractivity contribution in [1.29, 1.82) is 0 Å². The summed E-state index contributed by atoms with van der Waals surface area (Å²) in [6.45, 7) is 0.360. The minimum absolute atomic E-state index is 0.112. The first-order valence-electron chi connectivity index (χ1n) is 3.60. The van der Waals surface area contributed by atoms with Crippen LogP contribution in [0.4, 0.5) is 4.39 Å². The Hall–Kier alpha value is -1.45. The lowest BCUT2D eigenvalue weighted by Gasteiger charge is -2.14. The Kier molecular flexibility index (Phi) is 1.53. The van der Waals surface area contributed by atoms with E-state index < -0.39 is 5.95 Å². The van der Waals surface area contributed by atoms with Gasteiger partial charge in [0.15, 0.2) is 11.5 Å². The zero-order chi connectivity index (χ0) is 8.55. The van der Waals surface area contributed by atoms with Gasteiger partial charge in [-0.15, -0.1) is 0 Å². The first kappa shape index (κ1) is 7.21. The number of ether oxygens (including phenoxy) is 1. The summed E-state index contributed by atoms with van der Waals surface area (Å²) in [4.78, 5) is 14.6. The van der Waals surface area contributed by atoms with Crippen molar-refractivity contribution in [2.75, 3.05) is 6.61 Å². The number of hydrogen-bond acceptors (Lipinski definition) is 3. The second-order valence-corrected chi connectivity index (χ2v) is 2.50. The molecule has 0 N–H and O–H groups in total. The van der Waals surface area contributed by atoms with Gasteiger partial charge in [0, 0.05) is 6.42 Å². The quantitative estimate of drug-likeness (QED) is 0.545. The Morgan fingerprint density at radius 3 is 3.17 bits per heavy atom. The Labute approximate surface area is 68.2 Å². The highest BCUT2D eigenvalue weighted by Gasteiger charge is 2.20. The smallest absolute Gasteiger partial charge is 0.213 e. The fraction of sp³-hybridized carbons (Fsp3) is 0.250. The second-order valence-electron chi connectivity index (χ2n) is 2.50. The van der Waals surface area contributed by atoms with E-state index in [4.69, 9.17) is 4.74 Å². The van der Waals surface area contributed by atoms with E-state index in [1.807, 2.05) is 0 Å². The Morgan fingerprint density at radius 2 is 2.33 bits per heavy atom. The molecule has 0 unspecified atom stereocenters. The number of halogens is 1. The topological polar surface area (TPSA) is 39.2 Å². The number of nitrogens with zero attached hydrogens (tertiary/aromatic N) is 1. The van der Waals surface area contributed by atoms with Crippen molar-refractivity contribution >= 4 is 5.78 Å². The lowest BCUT2D eigenvalue weighted by molar-refractivity contribution is 0.0925. The molecule has 0 atom stereocenters. The monoisotopic (exact) mass is 167 g/mol. The molecule has 0 saturated heterocycles. The molecule has 0 spiro atoms. The van der Waals surface area contributed by atoms with Crippen LogP contribution in [0.15, 0.2) is 12.1 Å². The van der Waals surface area contributed by atoms with Crippen LogP contribution in [0.25, 0.3) is 0 Å². The second kappa shape index (κ2) is 2.55. The summed E-state index contributed by atoms with van der Waals surface area (Å²) in [6.07, 6.45) is 0.281. The third kappa shape index (κ3) is 1.05. The van der Waals surface area contributed by atoms with Crippen molar-refractivity contribution in [3.05, 3.63) is 23.8 Å². The van der Waals surface area contributed by atoms with Gasteiger partial charge in [-0.25, -0.2) is 4.98 Å². The van der Waals surface area contributed by atoms with Crippen molar-refractivity contribution in [3.63, 3.8) is 0 Å². The van der Waals surface area contributed by atoms with Crippen LogP contribution in [0.2, 0.25) is 0 Å². The molecule has 3 nitrogen and oxygen atoms in total. The van der Waals surface area contributed by atoms with Crippen LogP contribution in [0, 0.1) is 5.95 Å². The summed E-state index contributed by atoms with van der Waals surface area (Å²) < 4.78 is 17.6. The van der Waals surface area contributed by atoms with Crippen molar-refractivity contribution in [2.24, 2.45) is 0 Å². The highest BCUT2D eigenvalue weighted by atomic mass is 19.1. The van der Waals surface area contributed by atoms with E-state index in [0.717, 1.165) is 0 Å². The van der Waals surface area contributed by atoms with E-state index in [1.54, 1.807) is 0 Å². The number of aromatic nitrogens is 1. The molecule has 0 radical (unpaired) electrons. The van der Waals surface area contributed by atoms with Gasteiger partial charge in [-0.05, 0) is 12.1 Å². The van der Waals surface area contributed by atoms with Crippen LogP contribution in [0.3, 0.4) is 0 Å². The first-order chi connectivity index (χ1) is 5.77. The molecule has 1 aliphatic rings. The normalized spacial score (nSPS) is 15.2. The van der Waals surface area contributed by atoms with Crippen LogP contribution >= 0.6 is 0 Å². The maximum Gasteiger partial charge on any atom is 0.213 e. The summed E-state index contributed by atoms with van der Waals surface area (Å²) >= 11 is 0. The number of fused-ring (bicyclic) bond motifs is 1. The fourth-order valence-corrected chi connectivity index (χ4v) is 1.11. The largest absolute Gasteiger partial charge is 0.491 e. The van der Waals surface area contributed by atoms with E-state index in [0.29, 0.717) is 12.4 Å². The molecule has 0 saturated carbocycles. The molecule has 0 aliphatic carbocycles. The molecule has 12 heavy (non-hydrogen) atoms. The van der Waals surface area contributed by atoms with Gasteiger partial charge >= 0.3 is 0 Å². The zero-order valence-electron chi connectivity index (χ0n) is 6.21. The molecule has 4 heteroatoms. The Balaban J connectivity index is 2.54. The lowest BCUT2D eigenvalue weighted by atomic mass is 10.1. The highest BCUT2D eigenvalue weighted by molar-refractivity contribution is 5.97. The van der Waals surface area contributed by atoms with Crippen molar-refractivity contribution in [2.45, 2.75) is 6.42 Å². The average molecular weight is 167 g/mol. The SMILES string of the molecule is O=C1CCOc2ccc(F)nc21. The van der Waals surface area contributed by atoms with Gasteiger partial charge in [0.05, 0.1) is 6.61 Å². The summed E-state index contributed by atoms with van der Waals surface area (Å²) in [5.41, 5.74) is 0.112. The summed E-state index contributed by atoms with van der Waals surface area (Å²) in [7, 11) is 0. The molecular weight excluding hydrogens is 161 g/mol. The van der Waals surface area contributed by atoms with E-state index in [-0.39, 0.29) is 17.9 Å². The number of carbonyl (C=O) groups is 1. The summed E-state index contributed by atoms with van der Waals surface area (Å²) in [5.74, 6) is -0.420. The van der Waals surface area contributed by atoms with E-state index in [2.05, 4.69) is 4.98 Å². The molecular formula is C8H6FNO2. The lowest BCUT2D eigenvalue weighted by Crippen LogP contribution is -2.17. The molecule has 1 aliphatic heterocycles. The number of carbonyl (C=O) groups excluding carboxylic acids is 1. The number of rotatable bonds is 0. The maximum atomic E-state index is 12.5. The number of pyridine rings is 1. The average Bonchev–Trinajstić information content (AvgIpc) is 2.07. The van der Waals surface area contributed by atoms with Crippen LogP contribution in [-0.4, -0.2) is 17.4 Å². The third-order valence-electron chi connectivity index (χ3n) is 1.68. The van der Waals surface area contributed by atoms with E-state index >= 15 is 0 Å². The molecule has 2 heterocycles. The molecule has 1 aromatic rings. The number of hydrogen-bond donors (Lipinski definition) is 0. The molecule has 0 aromatic carbocycles. The Bertz CT molecular complexity index is 338. The standard InChI is InChI=1S/C8H6FNO2/c9-7-2-1-6-8(10-7)5(11)3-4-12-6/h1-2H,3-4H2. The molecule has 62 valence electrons. The van der Waals surface area contributed by atoms with Crippen molar-refractivity contribution < 1.29 is 13.9 Å². The predicted octanol–water partition coefficient (Wildman–Crippen LogP) is 1.19. The van der Waals surface area contributed by atoms with Gasteiger partial charge in [0.25, 0.3) is 0 Å². The first-order valence-corrected chi connectivity index (χ1v) is 3.60. The van der Waals surface area contributed by atoms with Gasteiger partial charge < -0.3 is 4.74 Å². The molecule has 0 fully saturated rings. The van der Waals surface area contributed by atoms with Crippen LogP contribution in [0.1, 0.15) is 16.9 Å². The van der Waals surface area contributed by atoms with Gasteiger partial charge in [0.1, 0.15) is 5.75 Å². The molecule has 1 aromatic heterocycles. The van der Waals surface area contributed by atoms with Gasteiger partial charge in [-0.1, -0.05) is 0 Å². The van der Waals surface area contributed by atoms with E-state index in [9.17, 15) is 9.18 Å². The minimum Gasteiger partial charge on any atom is -0.491 e. The zero-order valence-corrected chi connectivity index (χ0v) is 6.21. The minimum atomic E-state index is -0.646. The van der Waals surface area contributed by atoms with Crippen molar-refractivity contribution in [1.82, 2.24) is 4.98 Å². The van der Waals surface area contributed by atoms with Gasteiger partial charge in [0.2, 0.25) is 5.95 Å².